The number of carbonyl (C=O) groups excluding carboxylic acids is 1. The number of fused-ring (bicyclic) bond motifs is 1. The molecule has 20 heavy (non-hydrogen) atoms. The molecular formula is C15H11ClN2OS. The predicted molar refractivity (Wildman–Crippen MR) is 82.2 cm³/mol. The fourth-order valence-corrected chi connectivity index (χ4v) is 2.96. The number of carbonyl (C=O) groups is 1. The monoisotopic (exact) mass is 302 g/mol. The zero-order chi connectivity index (χ0) is 13.9. The van der Waals surface area contributed by atoms with Crippen molar-refractivity contribution >= 4 is 39.7 Å². The van der Waals surface area contributed by atoms with E-state index in [9.17, 15) is 4.79 Å². The van der Waals surface area contributed by atoms with Gasteiger partial charge in [-0.05, 0) is 36.4 Å². The Balaban J connectivity index is 1.75. The first-order valence-corrected chi connectivity index (χ1v) is 7.29. The molecule has 3 nitrogen and oxygen atoms in total. The van der Waals surface area contributed by atoms with Gasteiger partial charge in [0.15, 0.2) is 0 Å². The van der Waals surface area contributed by atoms with Gasteiger partial charge in [-0.25, -0.2) is 0 Å². The summed E-state index contributed by atoms with van der Waals surface area (Å²) in [6.07, 6.45) is 1.74. The Kier molecular flexibility index (Phi) is 3.67. The number of nitrogens with one attached hydrogen (secondary N) is 1. The van der Waals surface area contributed by atoms with E-state index in [1.165, 1.54) is 11.3 Å². The minimum atomic E-state index is -0.0970. The standard InChI is InChI=1S/C15H11ClN2OS/c16-14-6-4-12(20-14)9-18-15(19)11-3-5-13-10(8-11)2-1-7-17-13/h1-8H,9H2,(H,18,19). The summed E-state index contributed by atoms with van der Waals surface area (Å²) < 4.78 is 0.728. The van der Waals surface area contributed by atoms with Crippen LogP contribution in [-0.4, -0.2) is 10.9 Å². The Labute approximate surface area is 125 Å². The Morgan fingerprint density at radius 2 is 2.15 bits per heavy atom. The Morgan fingerprint density at radius 3 is 2.95 bits per heavy atom. The second kappa shape index (κ2) is 5.61. The van der Waals surface area contributed by atoms with E-state index in [1.807, 2.05) is 36.4 Å². The van der Waals surface area contributed by atoms with Gasteiger partial charge < -0.3 is 5.32 Å². The van der Waals surface area contributed by atoms with Crippen molar-refractivity contribution in [2.45, 2.75) is 6.54 Å². The van der Waals surface area contributed by atoms with Gasteiger partial charge >= 0.3 is 0 Å². The molecule has 0 radical (unpaired) electrons. The van der Waals surface area contributed by atoms with Crippen LogP contribution in [0.25, 0.3) is 10.9 Å². The lowest BCUT2D eigenvalue weighted by Crippen LogP contribution is -2.22. The number of rotatable bonds is 3. The predicted octanol–water partition coefficient (Wildman–Crippen LogP) is 3.88. The molecule has 0 aliphatic carbocycles. The van der Waals surface area contributed by atoms with Crippen molar-refractivity contribution in [3.8, 4) is 0 Å². The molecule has 0 bridgehead atoms. The maximum Gasteiger partial charge on any atom is 0.251 e. The SMILES string of the molecule is O=C(NCc1ccc(Cl)s1)c1ccc2ncccc2c1. The smallest absolute Gasteiger partial charge is 0.251 e. The number of hydrogen-bond donors (Lipinski definition) is 1. The molecule has 0 atom stereocenters. The molecular weight excluding hydrogens is 292 g/mol. The molecule has 1 amide bonds. The fraction of sp³-hybridized carbons (Fsp3) is 0.0667. The topological polar surface area (TPSA) is 42.0 Å². The summed E-state index contributed by atoms with van der Waals surface area (Å²) >= 11 is 7.33. The summed E-state index contributed by atoms with van der Waals surface area (Å²) in [5, 5.41) is 3.84. The van der Waals surface area contributed by atoms with Gasteiger partial charge in [0.05, 0.1) is 16.4 Å². The van der Waals surface area contributed by atoms with Crippen molar-refractivity contribution in [1.82, 2.24) is 10.3 Å². The summed E-state index contributed by atoms with van der Waals surface area (Å²) in [6, 6.07) is 13.0. The van der Waals surface area contributed by atoms with E-state index in [0.29, 0.717) is 12.1 Å². The average molecular weight is 303 g/mol. The summed E-state index contributed by atoms with van der Waals surface area (Å²) in [5.74, 6) is -0.0970. The number of pyridine rings is 1. The normalized spacial score (nSPS) is 10.7. The van der Waals surface area contributed by atoms with Crippen LogP contribution in [0.15, 0.2) is 48.7 Å². The fourth-order valence-electron chi connectivity index (χ4n) is 1.93. The molecule has 0 unspecified atom stereocenters. The van der Waals surface area contributed by atoms with Gasteiger partial charge in [0.25, 0.3) is 5.91 Å². The third-order valence-corrected chi connectivity index (χ3v) is 4.15. The van der Waals surface area contributed by atoms with Crippen LogP contribution in [0.4, 0.5) is 0 Å². The summed E-state index contributed by atoms with van der Waals surface area (Å²) in [6.45, 7) is 0.487. The maximum atomic E-state index is 12.1. The number of hydrogen-bond acceptors (Lipinski definition) is 3. The summed E-state index contributed by atoms with van der Waals surface area (Å²) in [5.41, 5.74) is 1.52. The van der Waals surface area contributed by atoms with Gasteiger partial charge in [0.1, 0.15) is 0 Å². The molecule has 2 aromatic heterocycles. The van der Waals surface area contributed by atoms with Crippen molar-refractivity contribution in [2.24, 2.45) is 0 Å². The van der Waals surface area contributed by atoms with Crippen LogP contribution >= 0.6 is 22.9 Å². The molecule has 3 aromatic rings. The number of aromatic nitrogens is 1. The van der Waals surface area contributed by atoms with Gasteiger partial charge in [0, 0.05) is 22.0 Å². The molecule has 3 rings (SSSR count). The van der Waals surface area contributed by atoms with E-state index in [4.69, 9.17) is 11.6 Å². The Bertz CT molecular complexity index is 769. The van der Waals surface area contributed by atoms with Crippen LogP contribution < -0.4 is 5.32 Å². The number of thiophene rings is 1. The zero-order valence-corrected chi connectivity index (χ0v) is 12.0. The Morgan fingerprint density at radius 1 is 1.25 bits per heavy atom. The second-order valence-electron chi connectivity index (χ2n) is 4.30. The second-order valence-corrected chi connectivity index (χ2v) is 6.10. The highest BCUT2D eigenvalue weighted by Crippen LogP contribution is 2.21. The van der Waals surface area contributed by atoms with Crippen molar-refractivity contribution in [3.63, 3.8) is 0 Å². The molecule has 2 heterocycles. The van der Waals surface area contributed by atoms with Gasteiger partial charge in [-0.15, -0.1) is 11.3 Å². The van der Waals surface area contributed by atoms with Gasteiger partial charge in [-0.2, -0.15) is 0 Å². The number of nitrogens with zero attached hydrogens (tertiary/aromatic N) is 1. The van der Waals surface area contributed by atoms with Crippen molar-refractivity contribution < 1.29 is 4.79 Å². The molecule has 0 aliphatic rings. The third-order valence-electron chi connectivity index (χ3n) is 2.92. The van der Waals surface area contributed by atoms with E-state index in [0.717, 1.165) is 20.1 Å². The minimum Gasteiger partial charge on any atom is -0.347 e. The van der Waals surface area contributed by atoms with Crippen molar-refractivity contribution in [2.75, 3.05) is 0 Å². The largest absolute Gasteiger partial charge is 0.347 e. The highest BCUT2D eigenvalue weighted by Gasteiger charge is 2.07. The highest BCUT2D eigenvalue weighted by atomic mass is 35.5. The first-order valence-electron chi connectivity index (χ1n) is 6.09. The van der Waals surface area contributed by atoms with Gasteiger partial charge in [-0.1, -0.05) is 17.7 Å². The average Bonchev–Trinajstić information content (AvgIpc) is 2.90. The van der Waals surface area contributed by atoms with Crippen LogP contribution in [0.2, 0.25) is 4.34 Å². The van der Waals surface area contributed by atoms with Crippen LogP contribution in [0, 0.1) is 0 Å². The van der Waals surface area contributed by atoms with E-state index < -0.39 is 0 Å². The highest BCUT2D eigenvalue weighted by molar-refractivity contribution is 7.16. The van der Waals surface area contributed by atoms with Crippen molar-refractivity contribution in [3.05, 3.63) is 63.4 Å². The van der Waals surface area contributed by atoms with E-state index >= 15 is 0 Å². The lowest BCUT2D eigenvalue weighted by Gasteiger charge is -2.05. The number of benzene rings is 1. The molecule has 1 aromatic carbocycles. The lowest BCUT2D eigenvalue weighted by atomic mass is 10.1. The van der Waals surface area contributed by atoms with E-state index in [-0.39, 0.29) is 5.91 Å². The Hall–Kier alpha value is -1.91. The van der Waals surface area contributed by atoms with Crippen LogP contribution in [0.5, 0.6) is 0 Å². The molecule has 5 heteroatoms. The van der Waals surface area contributed by atoms with E-state index in [1.54, 1.807) is 12.3 Å². The van der Waals surface area contributed by atoms with Gasteiger partial charge in [-0.3, -0.25) is 9.78 Å². The maximum absolute atomic E-state index is 12.1. The van der Waals surface area contributed by atoms with Crippen molar-refractivity contribution in [1.29, 1.82) is 0 Å². The summed E-state index contributed by atoms with van der Waals surface area (Å²) in [7, 11) is 0. The first kappa shape index (κ1) is 13.1. The minimum absolute atomic E-state index is 0.0970. The third kappa shape index (κ3) is 2.81. The molecule has 0 saturated carbocycles. The molecule has 0 aliphatic heterocycles. The van der Waals surface area contributed by atoms with Crippen LogP contribution in [-0.2, 0) is 6.54 Å². The zero-order valence-electron chi connectivity index (χ0n) is 10.5. The number of amides is 1. The first-order chi connectivity index (χ1) is 9.72. The number of halogens is 1. The van der Waals surface area contributed by atoms with E-state index in [2.05, 4.69) is 10.3 Å². The summed E-state index contributed by atoms with van der Waals surface area (Å²) in [4.78, 5) is 17.4. The molecule has 0 saturated heterocycles. The van der Waals surface area contributed by atoms with Gasteiger partial charge in [0.2, 0.25) is 0 Å². The van der Waals surface area contributed by atoms with Crippen LogP contribution in [0.3, 0.4) is 0 Å². The lowest BCUT2D eigenvalue weighted by molar-refractivity contribution is 0.0951. The molecule has 0 spiro atoms. The molecule has 1 N–H and O–H groups in total. The molecule has 100 valence electrons. The molecule has 0 fully saturated rings. The quantitative estimate of drug-likeness (QED) is 0.798. The van der Waals surface area contributed by atoms with Crippen LogP contribution in [0.1, 0.15) is 15.2 Å².